The Kier molecular flexibility index (Phi) is 5.65. The van der Waals surface area contributed by atoms with Crippen LogP contribution in [0, 0.1) is 0 Å². The standard InChI is InChI=1S/C15H23ClN2O3/c1-10(2)12-13(16)17-15(20)18(14(12)19)8-9-21-11-6-4-3-5-7-11/h10-11H,3-9H2,1-2H3,(H,17,20). The van der Waals surface area contributed by atoms with Crippen molar-refractivity contribution in [2.45, 2.75) is 64.5 Å². The lowest BCUT2D eigenvalue weighted by atomic mass is 9.98. The zero-order valence-electron chi connectivity index (χ0n) is 12.7. The van der Waals surface area contributed by atoms with E-state index in [0.29, 0.717) is 12.2 Å². The van der Waals surface area contributed by atoms with Gasteiger partial charge >= 0.3 is 5.69 Å². The highest BCUT2D eigenvalue weighted by Gasteiger charge is 2.17. The van der Waals surface area contributed by atoms with Gasteiger partial charge in [0, 0.05) is 0 Å². The van der Waals surface area contributed by atoms with Gasteiger partial charge in [0.05, 0.1) is 24.8 Å². The van der Waals surface area contributed by atoms with Crippen molar-refractivity contribution in [2.75, 3.05) is 6.61 Å². The van der Waals surface area contributed by atoms with E-state index in [1.807, 2.05) is 13.8 Å². The van der Waals surface area contributed by atoms with Crippen LogP contribution >= 0.6 is 11.6 Å². The predicted octanol–water partition coefficient (Wildman–Crippen LogP) is 2.66. The van der Waals surface area contributed by atoms with E-state index in [4.69, 9.17) is 16.3 Å². The molecule has 0 aliphatic heterocycles. The maximum absolute atomic E-state index is 12.3. The summed E-state index contributed by atoms with van der Waals surface area (Å²) < 4.78 is 6.97. The van der Waals surface area contributed by atoms with Crippen molar-refractivity contribution >= 4 is 11.6 Å². The van der Waals surface area contributed by atoms with Crippen LogP contribution in [0.15, 0.2) is 9.59 Å². The number of hydrogen-bond acceptors (Lipinski definition) is 3. The van der Waals surface area contributed by atoms with E-state index in [0.717, 1.165) is 12.8 Å². The average molecular weight is 315 g/mol. The molecule has 1 aromatic rings. The highest BCUT2D eigenvalue weighted by Crippen LogP contribution is 2.20. The number of H-pyrrole nitrogens is 1. The van der Waals surface area contributed by atoms with Gasteiger partial charge in [0.25, 0.3) is 5.56 Å². The molecule has 5 nitrogen and oxygen atoms in total. The molecule has 6 heteroatoms. The van der Waals surface area contributed by atoms with E-state index in [-0.39, 0.29) is 29.3 Å². The Labute approximate surface area is 129 Å². The first-order valence-corrected chi connectivity index (χ1v) is 8.02. The molecule has 1 aliphatic rings. The van der Waals surface area contributed by atoms with Gasteiger partial charge in [0.1, 0.15) is 5.15 Å². The summed E-state index contributed by atoms with van der Waals surface area (Å²) in [5.41, 5.74) is -0.332. The van der Waals surface area contributed by atoms with E-state index in [1.165, 1.54) is 23.8 Å². The van der Waals surface area contributed by atoms with Crippen LogP contribution in [0.3, 0.4) is 0 Å². The van der Waals surface area contributed by atoms with Crippen molar-refractivity contribution in [3.05, 3.63) is 31.6 Å². The third-order valence-corrected chi connectivity index (χ3v) is 4.27. The summed E-state index contributed by atoms with van der Waals surface area (Å²) in [6.45, 7) is 4.40. The highest BCUT2D eigenvalue weighted by atomic mass is 35.5. The van der Waals surface area contributed by atoms with Gasteiger partial charge in [-0.1, -0.05) is 44.7 Å². The van der Waals surface area contributed by atoms with Crippen LogP contribution in [-0.2, 0) is 11.3 Å². The number of nitrogens with one attached hydrogen (secondary N) is 1. The summed E-state index contributed by atoms with van der Waals surface area (Å²) >= 11 is 5.96. The smallest absolute Gasteiger partial charge is 0.329 e. The van der Waals surface area contributed by atoms with Crippen molar-refractivity contribution in [3.8, 4) is 0 Å². The maximum atomic E-state index is 12.3. The Balaban J connectivity index is 2.07. The molecule has 1 aromatic heterocycles. The summed E-state index contributed by atoms with van der Waals surface area (Å²) in [6, 6.07) is 0. The number of hydrogen-bond donors (Lipinski definition) is 1. The fourth-order valence-corrected chi connectivity index (χ4v) is 3.19. The lowest BCUT2D eigenvalue weighted by Gasteiger charge is -2.22. The van der Waals surface area contributed by atoms with E-state index >= 15 is 0 Å². The van der Waals surface area contributed by atoms with Gasteiger partial charge in [-0.15, -0.1) is 0 Å². The van der Waals surface area contributed by atoms with Crippen LogP contribution in [0.2, 0.25) is 5.15 Å². The number of halogens is 1. The Hall–Kier alpha value is -1.07. The zero-order valence-corrected chi connectivity index (χ0v) is 13.4. The second-order valence-electron chi connectivity index (χ2n) is 5.90. The van der Waals surface area contributed by atoms with Gasteiger partial charge in [-0.2, -0.15) is 0 Å². The molecule has 2 rings (SSSR count). The van der Waals surface area contributed by atoms with Crippen molar-refractivity contribution in [2.24, 2.45) is 0 Å². The summed E-state index contributed by atoms with van der Waals surface area (Å²) in [5, 5.41) is 0.143. The number of ether oxygens (including phenoxy) is 1. The first-order chi connectivity index (χ1) is 10.0. The summed E-state index contributed by atoms with van der Waals surface area (Å²) in [6.07, 6.45) is 6.08. The molecule has 118 valence electrons. The van der Waals surface area contributed by atoms with Gasteiger partial charge in [-0.3, -0.25) is 14.3 Å². The fraction of sp³-hybridized carbons (Fsp3) is 0.733. The molecule has 1 saturated carbocycles. The fourth-order valence-electron chi connectivity index (χ4n) is 2.81. The monoisotopic (exact) mass is 314 g/mol. The van der Waals surface area contributed by atoms with E-state index < -0.39 is 5.69 Å². The minimum absolute atomic E-state index is 0.0348. The molecule has 0 radical (unpaired) electrons. The van der Waals surface area contributed by atoms with E-state index in [9.17, 15) is 9.59 Å². The quantitative estimate of drug-likeness (QED) is 0.850. The maximum Gasteiger partial charge on any atom is 0.329 e. The van der Waals surface area contributed by atoms with Crippen molar-refractivity contribution in [1.82, 2.24) is 9.55 Å². The highest BCUT2D eigenvalue weighted by molar-refractivity contribution is 6.30. The normalized spacial score (nSPS) is 16.6. The van der Waals surface area contributed by atoms with Crippen LogP contribution in [0.1, 0.15) is 57.4 Å². The minimum atomic E-state index is -0.471. The Morgan fingerprint density at radius 3 is 2.57 bits per heavy atom. The lowest BCUT2D eigenvalue weighted by Crippen LogP contribution is -2.39. The van der Waals surface area contributed by atoms with Crippen molar-refractivity contribution in [3.63, 3.8) is 0 Å². The second kappa shape index (κ2) is 7.27. The first kappa shape index (κ1) is 16.3. The topological polar surface area (TPSA) is 64.1 Å². The number of rotatable bonds is 5. The van der Waals surface area contributed by atoms with Gasteiger partial charge in [0.15, 0.2) is 0 Å². The molecular weight excluding hydrogens is 292 g/mol. The third kappa shape index (κ3) is 3.98. The Morgan fingerprint density at radius 1 is 1.29 bits per heavy atom. The molecule has 0 atom stereocenters. The molecule has 0 saturated heterocycles. The zero-order chi connectivity index (χ0) is 15.4. The van der Waals surface area contributed by atoms with Crippen molar-refractivity contribution in [1.29, 1.82) is 0 Å². The second-order valence-corrected chi connectivity index (χ2v) is 6.28. The van der Waals surface area contributed by atoms with Crippen LogP contribution in [-0.4, -0.2) is 22.3 Å². The summed E-state index contributed by atoms with van der Waals surface area (Å²) in [5.74, 6) is -0.0348. The summed E-state index contributed by atoms with van der Waals surface area (Å²) in [7, 11) is 0. The molecule has 0 bridgehead atoms. The third-order valence-electron chi connectivity index (χ3n) is 3.97. The molecule has 0 aromatic carbocycles. The van der Waals surface area contributed by atoms with Crippen LogP contribution < -0.4 is 11.2 Å². The molecule has 0 unspecified atom stereocenters. The summed E-state index contributed by atoms with van der Waals surface area (Å²) in [4.78, 5) is 26.8. The largest absolute Gasteiger partial charge is 0.376 e. The molecule has 21 heavy (non-hydrogen) atoms. The van der Waals surface area contributed by atoms with Crippen LogP contribution in [0.25, 0.3) is 0 Å². The average Bonchev–Trinajstić information content (AvgIpc) is 2.42. The molecular formula is C15H23ClN2O3. The molecule has 1 fully saturated rings. The van der Waals surface area contributed by atoms with Crippen LogP contribution in [0.5, 0.6) is 0 Å². The molecule has 0 spiro atoms. The van der Waals surface area contributed by atoms with Gasteiger partial charge < -0.3 is 4.74 Å². The Bertz CT molecular complexity index is 586. The van der Waals surface area contributed by atoms with E-state index in [1.54, 1.807) is 0 Å². The first-order valence-electron chi connectivity index (χ1n) is 7.64. The molecule has 1 aliphatic carbocycles. The van der Waals surface area contributed by atoms with Gasteiger partial charge in [0.2, 0.25) is 0 Å². The number of aromatic nitrogens is 2. The number of nitrogens with zero attached hydrogens (tertiary/aromatic N) is 1. The Morgan fingerprint density at radius 2 is 1.95 bits per heavy atom. The molecule has 1 heterocycles. The number of aromatic amines is 1. The van der Waals surface area contributed by atoms with Crippen LogP contribution in [0.4, 0.5) is 0 Å². The minimum Gasteiger partial charge on any atom is -0.376 e. The lowest BCUT2D eigenvalue weighted by molar-refractivity contribution is 0.0232. The predicted molar refractivity (Wildman–Crippen MR) is 83.2 cm³/mol. The van der Waals surface area contributed by atoms with E-state index in [2.05, 4.69) is 4.98 Å². The SMILES string of the molecule is CC(C)c1c(Cl)[nH]c(=O)n(CCOC2CCCCC2)c1=O. The van der Waals surface area contributed by atoms with Crippen molar-refractivity contribution < 1.29 is 4.74 Å². The molecule has 1 N–H and O–H groups in total. The van der Waals surface area contributed by atoms with Gasteiger partial charge in [-0.25, -0.2) is 4.79 Å². The van der Waals surface area contributed by atoms with Gasteiger partial charge in [-0.05, 0) is 18.8 Å². The molecule has 0 amide bonds.